The summed E-state index contributed by atoms with van der Waals surface area (Å²) in [5.74, 6) is 1.24. The lowest BCUT2D eigenvalue weighted by molar-refractivity contribution is 0.378. The van der Waals surface area contributed by atoms with Crippen molar-refractivity contribution >= 4 is 29.9 Å². The molecule has 0 spiro atoms. The van der Waals surface area contributed by atoms with Crippen molar-refractivity contribution in [2.75, 3.05) is 13.1 Å². The van der Waals surface area contributed by atoms with Gasteiger partial charge in [0.15, 0.2) is 5.96 Å². The van der Waals surface area contributed by atoms with Gasteiger partial charge in [-0.1, -0.05) is 36.4 Å². The van der Waals surface area contributed by atoms with E-state index in [-0.39, 0.29) is 29.7 Å². The van der Waals surface area contributed by atoms with Crippen LogP contribution in [-0.4, -0.2) is 29.1 Å². The van der Waals surface area contributed by atoms with Crippen LogP contribution in [0, 0.1) is 0 Å². The van der Waals surface area contributed by atoms with Crippen LogP contribution in [0.2, 0.25) is 0 Å². The van der Waals surface area contributed by atoms with E-state index in [0.29, 0.717) is 6.54 Å². The topological polar surface area (TPSA) is 47.9 Å². The van der Waals surface area contributed by atoms with Crippen LogP contribution in [0.5, 0.6) is 5.75 Å². The molecule has 5 heteroatoms. The zero-order valence-electron chi connectivity index (χ0n) is 13.9. The summed E-state index contributed by atoms with van der Waals surface area (Å²) < 4.78 is 0. The Morgan fingerprint density at radius 2 is 1.83 bits per heavy atom. The summed E-state index contributed by atoms with van der Waals surface area (Å²) in [5, 5.41) is 12.8. The normalized spacial score (nSPS) is 13.9. The predicted octanol–water partition coefficient (Wildman–Crippen LogP) is 3.53. The van der Waals surface area contributed by atoms with E-state index in [9.17, 15) is 5.11 Å². The zero-order chi connectivity index (χ0) is 16.1. The van der Waals surface area contributed by atoms with E-state index < -0.39 is 0 Å². The van der Waals surface area contributed by atoms with E-state index in [4.69, 9.17) is 4.99 Å². The first-order valence-corrected chi connectivity index (χ1v) is 8.14. The van der Waals surface area contributed by atoms with E-state index >= 15 is 0 Å². The van der Waals surface area contributed by atoms with Crippen molar-refractivity contribution in [2.24, 2.45) is 4.99 Å². The van der Waals surface area contributed by atoms with Gasteiger partial charge >= 0.3 is 0 Å². The molecule has 0 aliphatic carbocycles. The van der Waals surface area contributed by atoms with Crippen molar-refractivity contribution < 1.29 is 5.11 Å². The number of fused-ring (bicyclic) bond motifs is 1. The maximum Gasteiger partial charge on any atom is 0.194 e. The molecule has 2 aromatic carbocycles. The van der Waals surface area contributed by atoms with Crippen molar-refractivity contribution in [1.29, 1.82) is 0 Å². The van der Waals surface area contributed by atoms with Crippen LogP contribution in [0.1, 0.15) is 23.6 Å². The Balaban J connectivity index is 0.00000208. The van der Waals surface area contributed by atoms with Gasteiger partial charge < -0.3 is 15.3 Å². The summed E-state index contributed by atoms with van der Waals surface area (Å²) in [6, 6.07) is 15.9. The van der Waals surface area contributed by atoms with Crippen LogP contribution in [-0.2, 0) is 19.5 Å². The number of guanidine groups is 1. The fraction of sp³-hybridized carbons (Fsp3) is 0.316. The smallest absolute Gasteiger partial charge is 0.194 e. The van der Waals surface area contributed by atoms with E-state index in [1.807, 2.05) is 12.1 Å². The lowest BCUT2D eigenvalue weighted by Crippen LogP contribution is -2.44. The Kier molecular flexibility index (Phi) is 6.90. The minimum Gasteiger partial charge on any atom is -0.508 e. The number of hydrogen-bond acceptors (Lipinski definition) is 2. The minimum absolute atomic E-state index is 0. The number of nitrogens with one attached hydrogen (secondary N) is 1. The highest BCUT2D eigenvalue weighted by molar-refractivity contribution is 14.0. The summed E-state index contributed by atoms with van der Waals surface area (Å²) in [4.78, 5) is 7.07. The van der Waals surface area contributed by atoms with Gasteiger partial charge in [0, 0.05) is 19.6 Å². The van der Waals surface area contributed by atoms with Gasteiger partial charge in [-0.3, -0.25) is 0 Å². The summed E-state index contributed by atoms with van der Waals surface area (Å²) in [6.45, 7) is 5.44. The molecule has 4 nitrogen and oxygen atoms in total. The zero-order valence-corrected chi connectivity index (χ0v) is 16.2. The summed E-state index contributed by atoms with van der Waals surface area (Å²) in [6.07, 6.45) is 1.06. The number of halogens is 1. The Morgan fingerprint density at radius 1 is 1.12 bits per heavy atom. The van der Waals surface area contributed by atoms with Gasteiger partial charge in [-0.15, -0.1) is 24.0 Å². The van der Waals surface area contributed by atoms with Crippen LogP contribution in [0.25, 0.3) is 0 Å². The third-order valence-electron chi connectivity index (χ3n) is 4.11. The molecule has 128 valence electrons. The van der Waals surface area contributed by atoms with Crippen LogP contribution < -0.4 is 5.32 Å². The predicted molar refractivity (Wildman–Crippen MR) is 109 cm³/mol. The average molecular weight is 437 g/mol. The number of benzene rings is 2. The molecule has 0 aromatic heterocycles. The standard InChI is InChI=1S/C19H23N3O.HI/c1-2-20-19(21-13-15-7-9-18(23)10-8-15)22-12-11-16-5-3-4-6-17(16)14-22;/h3-10,23H,2,11-14H2,1H3,(H,20,21);1H. The molecule has 0 radical (unpaired) electrons. The quantitative estimate of drug-likeness (QED) is 0.439. The summed E-state index contributed by atoms with van der Waals surface area (Å²) >= 11 is 0. The van der Waals surface area contributed by atoms with Gasteiger partial charge in [0.2, 0.25) is 0 Å². The number of phenolic OH excluding ortho intramolecular Hbond substituents is 1. The summed E-state index contributed by atoms with van der Waals surface area (Å²) in [5.41, 5.74) is 3.92. The van der Waals surface area contributed by atoms with E-state index in [1.54, 1.807) is 12.1 Å². The number of aromatic hydroxyl groups is 1. The van der Waals surface area contributed by atoms with E-state index in [0.717, 1.165) is 37.6 Å². The highest BCUT2D eigenvalue weighted by atomic mass is 127. The Labute approximate surface area is 160 Å². The van der Waals surface area contributed by atoms with Gasteiger partial charge in [0.1, 0.15) is 5.75 Å². The fourth-order valence-electron chi connectivity index (χ4n) is 2.87. The second-order valence-corrected chi connectivity index (χ2v) is 5.78. The molecule has 0 saturated carbocycles. The molecule has 0 fully saturated rings. The molecule has 3 rings (SSSR count). The molecule has 24 heavy (non-hydrogen) atoms. The number of aliphatic imine (C=N–C) groups is 1. The van der Waals surface area contributed by atoms with Crippen molar-refractivity contribution in [1.82, 2.24) is 10.2 Å². The molecule has 2 aromatic rings. The maximum atomic E-state index is 9.36. The number of hydrogen-bond donors (Lipinski definition) is 2. The van der Waals surface area contributed by atoms with Gasteiger partial charge in [-0.25, -0.2) is 4.99 Å². The first kappa shape index (κ1) is 18.6. The van der Waals surface area contributed by atoms with Crippen LogP contribution >= 0.6 is 24.0 Å². The lowest BCUT2D eigenvalue weighted by atomic mass is 10.0. The first-order valence-electron chi connectivity index (χ1n) is 8.14. The van der Waals surface area contributed by atoms with Crippen molar-refractivity contribution in [3.05, 3.63) is 65.2 Å². The molecular formula is C19H24IN3O. The number of phenols is 1. The molecule has 1 heterocycles. The third-order valence-corrected chi connectivity index (χ3v) is 4.11. The van der Waals surface area contributed by atoms with Crippen molar-refractivity contribution in [3.8, 4) is 5.75 Å². The maximum absolute atomic E-state index is 9.36. The van der Waals surface area contributed by atoms with E-state index in [2.05, 4.69) is 41.4 Å². The van der Waals surface area contributed by atoms with Crippen molar-refractivity contribution in [3.63, 3.8) is 0 Å². The monoisotopic (exact) mass is 437 g/mol. The molecule has 0 unspecified atom stereocenters. The molecule has 1 aliphatic rings. The Bertz CT molecular complexity index is 685. The highest BCUT2D eigenvalue weighted by Crippen LogP contribution is 2.18. The van der Waals surface area contributed by atoms with Crippen LogP contribution in [0.4, 0.5) is 0 Å². The van der Waals surface area contributed by atoms with Crippen LogP contribution in [0.15, 0.2) is 53.5 Å². The van der Waals surface area contributed by atoms with Gasteiger partial charge in [0.25, 0.3) is 0 Å². The SMILES string of the molecule is CCNC(=NCc1ccc(O)cc1)N1CCc2ccccc2C1.I. The van der Waals surface area contributed by atoms with Gasteiger partial charge in [-0.2, -0.15) is 0 Å². The molecule has 1 aliphatic heterocycles. The lowest BCUT2D eigenvalue weighted by Gasteiger charge is -2.31. The average Bonchev–Trinajstić information content (AvgIpc) is 2.59. The van der Waals surface area contributed by atoms with Gasteiger partial charge in [0.05, 0.1) is 6.54 Å². The molecule has 0 saturated heterocycles. The number of rotatable bonds is 3. The molecule has 2 N–H and O–H groups in total. The minimum atomic E-state index is 0. The van der Waals surface area contributed by atoms with Gasteiger partial charge in [-0.05, 0) is 42.2 Å². The van der Waals surface area contributed by atoms with Crippen LogP contribution in [0.3, 0.4) is 0 Å². The van der Waals surface area contributed by atoms with E-state index in [1.165, 1.54) is 11.1 Å². The second-order valence-electron chi connectivity index (χ2n) is 5.78. The highest BCUT2D eigenvalue weighted by Gasteiger charge is 2.18. The molecule has 0 atom stereocenters. The Morgan fingerprint density at radius 3 is 2.54 bits per heavy atom. The second kappa shape index (κ2) is 8.92. The molecule has 0 amide bonds. The molecular weight excluding hydrogens is 413 g/mol. The Hall–Kier alpha value is -1.76. The van der Waals surface area contributed by atoms with Crippen molar-refractivity contribution in [2.45, 2.75) is 26.4 Å². The fourth-order valence-corrected chi connectivity index (χ4v) is 2.87. The molecule has 0 bridgehead atoms. The number of nitrogens with zero attached hydrogens (tertiary/aromatic N) is 2. The first-order chi connectivity index (χ1) is 11.3. The summed E-state index contributed by atoms with van der Waals surface area (Å²) in [7, 11) is 0. The third kappa shape index (κ3) is 4.63. The largest absolute Gasteiger partial charge is 0.508 e.